The van der Waals surface area contributed by atoms with Crippen LogP contribution in [0.2, 0.25) is 0 Å². The van der Waals surface area contributed by atoms with Crippen LogP contribution in [0.3, 0.4) is 0 Å². The lowest BCUT2D eigenvalue weighted by Crippen LogP contribution is -2.35. The summed E-state index contributed by atoms with van der Waals surface area (Å²) in [6.07, 6.45) is -0.398. The summed E-state index contributed by atoms with van der Waals surface area (Å²) in [4.78, 5) is 12.2. The summed E-state index contributed by atoms with van der Waals surface area (Å²) in [5.41, 5.74) is 2.12. The van der Waals surface area contributed by atoms with Crippen molar-refractivity contribution < 1.29 is 14.3 Å². The first-order chi connectivity index (χ1) is 11.4. The molecule has 0 aliphatic rings. The van der Waals surface area contributed by atoms with Crippen molar-refractivity contribution in [1.82, 2.24) is 5.32 Å². The average Bonchev–Trinajstić information content (AvgIpc) is 2.53. The number of benzene rings is 2. The van der Waals surface area contributed by atoms with Crippen molar-refractivity contribution in [3.05, 3.63) is 59.7 Å². The van der Waals surface area contributed by atoms with Gasteiger partial charge in [0.05, 0.1) is 6.10 Å². The number of aryl methyl sites for hydroxylation is 1. The Kier molecular flexibility index (Phi) is 6.24. The molecular formula is C20H25NO3. The van der Waals surface area contributed by atoms with Gasteiger partial charge in [0.15, 0.2) is 6.10 Å². The van der Waals surface area contributed by atoms with E-state index in [4.69, 9.17) is 9.47 Å². The topological polar surface area (TPSA) is 47.6 Å². The van der Waals surface area contributed by atoms with E-state index in [-0.39, 0.29) is 12.0 Å². The van der Waals surface area contributed by atoms with Crippen LogP contribution in [0.4, 0.5) is 0 Å². The summed E-state index contributed by atoms with van der Waals surface area (Å²) >= 11 is 0. The smallest absolute Gasteiger partial charge is 0.261 e. The molecule has 0 spiro atoms. The summed E-state index contributed by atoms with van der Waals surface area (Å²) in [6, 6.07) is 15.4. The van der Waals surface area contributed by atoms with E-state index in [1.807, 2.05) is 69.3 Å². The summed E-state index contributed by atoms with van der Waals surface area (Å²) in [7, 11) is 0. The third-order valence-electron chi connectivity index (χ3n) is 3.43. The van der Waals surface area contributed by atoms with Crippen LogP contribution in [0, 0.1) is 6.92 Å². The Morgan fingerprint density at radius 2 is 1.71 bits per heavy atom. The Labute approximate surface area is 143 Å². The van der Waals surface area contributed by atoms with Gasteiger partial charge in [-0.1, -0.05) is 24.3 Å². The van der Waals surface area contributed by atoms with Gasteiger partial charge in [-0.3, -0.25) is 4.79 Å². The minimum Gasteiger partial charge on any atom is -0.491 e. The number of hydrogen-bond acceptors (Lipinski definition) is 3. The van der Waals surface area contributed by atoms with Crippen LogP contribution >= 0.6 is 0 Å². The van der Waals surface area contributed by atoms with E-state index < -0.39 is 6.10 Å². The molecular weight excluding hydrogens is 302 g/mol. The predicted octanol–water partition coefficient (Wildman–Crippen LogP) is 3.87. The summed E-state index contributed by atoms with van der Waals surface area (Å²) in [5.74, 6) is 1.39. The fraction of sp³-hybridized carbons (Fsp3) is 0.350. The zero-order valence-corrected chi connectivity index (χ0v) is 14.7. The molecule has 4 nitrogen and oxygen atoms in total. The first-order valence-corrected chi connectivity index (χ1v) is 8.20. The average molecular weight is 327 g/mol. The molecule has 0 heterocycles. The molecule has 0 radical (unpaired) electrons. The molecule has 4 heteroatoms. The molecule has 2 aromatic carbocycles. The second-order valence-corrected chi connectivity index (χ2v) is 6.10. The lowest BCUT2D eigenvalue weighted by molar-refractivity contribution is -0.127. The van der Waals surface area contributed by atoms with Gasteiger partial charge in [-0.05, 0) is 63.1 Å². The van der Waals surface area contributed by atoms with Crippen LogP contribution in [0.5, 0.6) is 11.5 Å². The number of ether oxygens (including phenoxy) is 2. The Hall–Kier alpha value is -2.49. The number of hydrogen-bond donors (Lipinski definition) is 1. The van der Waals surface area contributed by atoms with E-state index >= 15 is 0 Å². The molecule has 0 aliphatic carbocycles. The maximum absolute atomic E-state index is 12.2. The van der Waals surface area contributed by atoms with Gasteiger partial charge in [-0.2, -0.15) is 0 Å². The van der Waals surface area contributed by atoms with Crippen molar-refractivity contribution in [1.29, 1.82) is 0 Å². The predicted molar refractivity (Wildman–Crippen MR) is 95.3 cm³/mol. The maximum atomic E-state index is 12.2. The monoisotopic (exact) mass is 327 g/mol. The fourth-order valence-electron chi connectivity index (χ4n) is 2.24. The van der Waals surface area contributed by atoms with E-state index in [1.165, 1.54) is 0 Å². The Bertz CT molecular complexity index is 665. The molecule has 1 N–H and O–H groups in total. The molecule has 24 heavy (non-hydrogen) atoms. The molecule has 1 atom stereocenters. The first-order valence-electron chi connectivity index (χ1n) is 8.20. The Morgan fingerprint density at radius 3 is 2.33 bits per heavy atom. The molecule has 0 saturated heterocycles. The molecule has 0 aliphatic heterocycles. The third-order valence-corrected chi connectivity index (χ3v) is 3.43. The van der Waals surface area contributed by atoms with Gasteiger partial charge in [0.2, 0.25) is 0 Å². The largest absolute Gasteiger partial charge is 0.491 e. The van der Waals surface area contributed by atoms with Gasteiger partial charge in [0, 0.05) is 6.54 Å². The van der Waals surface area contributed by atoms with Crippen LogP contribution < -0.4 is 14.8 Å². The maximum Gasteiger partial charge on any atom is 0.261 e. The van der Waals surface area contributed by atoms with E-state index in [9.17, 15) is 4.79 Å². The highest BCUT2D eigenvalue weighted by Gasteiger charge is 2.14. The second kappa shape index (κ2) is 8.39. The molecule has 0 fully saturated rings. The van der Waals surface area contributed by atoms with E-state index in [0.717, 1.165) is 16.9 Å². The molecule has 0 saturated carbocycles. The van der Waals surface area contributed by atoms with Gasteiger partial charge in [-0.15, -0.1) is 0 Å². The third kappa shape index (κ3) is 5.61. The highest BCUT2D eigenvalue weighted by atomic mass is 16.5. The minimum atomic E-state index is -0.546. The quantitative estimate of drug-likeness (QED) is 0.840. The van der Waals surface area contributed by atoms with Crippen LogP contribution in [0.1, 0.15) is 31.9 Å². The molecule has 0 bridgehead atoms. The van der Waals surface area contributed by atoms with Crippen molar-refractivity contribution in [3.8, 4) is 11.5 Å². The normalized spacial score (nSPS) is 11.9. The zero-order valence-electron chi connectivity index (χ0n) is 14.7. The van der Waals surface area contributed by atoms with Crippen molar-refractivity contribution in [2.24, 2.45) is 0 Å². The van der Waals surface area contributed by atoms with Crippen LogP contribution in [-0.2, 0) is 11.3 Å². The highest BCUT2D eigenvalue weighted by Crippen LogP contribution is 2.15. The molecule has 1 amide bonds. The number of carbonyl (C=O) groups excluding carboxylic acids is 1. The SMILES string of the molecule is Cc1cccc(OC(C)C(=O)NCc2ccc(OC(C)C)cc2)c1. The number of nitrogens with one attached hydrogen (secondary N) is 1. The number of carbonyl (C=O) groups is 1. The fourth-order valence-corrected chi connectivity index (χ4v) is 2.24. The Morgan fingerprint density at radius 1 is 1.00 bits per heavy atom. The standard InChI is InChI=1S/C20H25NO3/c1-14(2)23-18-10-8-17(9-11-18)13-21-20(22)16(4)24-19-7-5-6-15(3)12-19/h5-12,14,16H,13H2,1-4H3,(H,21,22). The Balaban J connectivity index is 1.83. The highest BCUT2D eigenvalue weighted by molar-refractivity contribution is 5.80. The lowest BCUT2D eigenvalue weighted by atomic mass is 10.2. The van der Waals surface area contributed by atoms with E-state index in [2.05, 4.69) is 5.32 Å². The minimum absolute atomic E-state index is 0.140. The lowest BCUT2D eigenvalue weighted by Gasteiger charge is -2.15. The van der Waals surface area contributed by atoms with Crippen LogP contribution in [0.25, 0.3) is 0 Å². The van der Waals surface area contributed by atoms with Gasteiger partial charge < -0.3 is 14.8 Å². The van der Waals surface area contributed by atoms with Crippen molar-refractivity contribution in [3.63, 3.8) is 0 Å². The van der Waals surface area contributed by atoms with E-state index in [1.54, 1.807) is 6.92 Å². The van der Waals surface area contributed by atoms with Gasteiger partial charge in [0.25, 0.3) is 5.91 Å². The molecule has 2 aromatic rings. The summed E-state index contributed by atoms with van der Waals surface area (Å²) in [5, 5.41) is 2.89. The number of amides is 1. The van der Waals surface area contributed by atoms with Gasteiger partial charge in [0.1, 0.15) is 11.5 Å². The van der Waals surface area contributed by atoms with Gasteiger partial charge in [-0.25, -0.2) is 0 Å². The zero-order chi connectivity index (χ0) is 17.5. The van der Waals surface area contributed by atoms with E-state index in [0.29, 0.717) is 12.3 Å². The van der Waals surface area contributed by atoms with Crippen molar-refractivity contribution >= 4 is 5.91 Å². The molecule has 0 aromatic heterocycles. The summed E-state index contributed by atoms with van der Waals surface area (Å²) in [6.45, 7) is 8.18. The second-order valence-electron chi connectivity index (χ2n) is 6.10. The van der Waals surface area contributed by atoms with Crippen molar-refractivity contribution in [2.45, 2.75) is 46.4 Å². The molecule has 2 rings (SSSR count). The number of rotatable bonds is 7. The van der Waals surface area contributed by atoms with Crippen molar-refractivity contribution in [2.75, 3.05) is 0 Å². The van der Waals surface area contributed by atoms with Crippen LogP contribution in [0.15, 0.2) is 48.5 Å². The summed E-state index contributed by atoms with van der Waals surface area (Å²) < 4.78 is 11.3. The van der Waals surface area contributed by atoms with Crippen LogP contribution in [-0.4, -0.2) is 18.1 Å². The molecule has 1 unspecified atom stereocenters. The van der Waals surface area contributed by atoms with Gasteiger partial charge >= 0.3 is 0 Å². The molecule has 128 valence electrons. The first kappa shape index (κ1) is 17.9.